The second-order valence-corrected chi connectivity index (χ2v) is 10.2. The molecular formula is C27H36N4S. The first kappa shape index (κ1) is 23.1. The molecule has 32 heavy (non-hydrogen) atoms. The van der Waals surface area contributed by atoms with Crippen LogP contribution < -0.4 is 5.32 Å². The van der Waals surface area contributed by atoms with E-state index in [2.05, 4.69) is 83.5 Å². The predicted molar refractivity (Wildman–Crippen MR) is 140 cm³/mol. The Kier molecular flexibility index (Phi) is 8.06. The van der Waals surface area contributed by atoms with Gasteiger partial charge in [-0.2, -0.15) is 0 Å². The SMILES string of the molecule is CCSc1cccc(-c2cc(CN3CCN(C)CC3)cc3c2C/C=C(/C)C/C=N\CN3)c1. The molecule has 4 nitrogen and oxygen atoms in total. The number of thioether (sulfide) groups is 1. The first-order valence-electron chi connectivity index (χ1n) is 11.8. The lowest BCUT2D eigenvalue weighted by atomic mass is 9.92. The number of fused-ring (bicyclic) bond motifs is 1. The first-order valence-corrected chi connectivity index (χ1v) is 12.8. The molecule has 0 unspecified atom stereocenters. The maximum Gasteiger partial charge on any atom is 0.107 e. The molecule has 2 aromatic carbocycles. The standard InChI is InChI=1S/C27H36N4S/c1-4-32-24-7-5-6-23(18-24)26-16-22(19-31-14-12-30(3)13-15-31)17-27-25(26)9-8-21(2)10-11-28-20-29-27/h5-8,11,16-18,29H,4,9-10,12-15,19-20H2,1-3H3/b21-8-,28-11-. The van der Waals surface area contributed by atoms with Gasteiger partial charge in [0.15, 0.2) is 0 Å². The molecule has 1 saturated heterocycles. The van der Waals surface area contributed by atoms with Crippen LogP contribution in [0.25, 0.3) is 11.1 Å². The summed E-state index contributed by atoms with van der Waals surface area (Å²) in [5, 5.41) is 3.62. The van der Waals surface area contributed by atoms with Crippen LogP contribution in [-0.2, 0) is 13.0 Å². The third-order valence-corrected chi connectivity index (χ3v) is 7.20. The van der Waals surface area contributed by atoms with Gasteiger partial charge in [0.05, 0.1) is 0 Å². The first-order chi connectivity index (χ1) is 15.6. The van der Waals surface area contributed by atoms with E-state index in [1.807, 2.05) is 18.0 Å². The largest absolute Gasteiger partial charge is 0.366 e. The molecule has 0 aliphatic carbocycles. The van der Waals surface area contributed by atoms with Gasteiger partial charge < -0.3 is 10.2 Å². The number of nitrogens with one attached hydrogen (secondary N) is 1. The Hall–Kier alpha value is -2.08. The van der Waals surface area contributed by atoms with E-state index in [0.717, 1.165) is 51.3 Å². The van der Waals surface area contributed by atoms with Gasteiger partial charge in [-0.15, -0.1) is 11.8 Å². The minimum atomic E-state index is 0.628. The summed E-state index contributed by atoms with van der Waals surface area (Å²) in [6.45, 7) is 10.6. The van der Waals surface area contributed by atoms with Crippen LogP contribution in [-0.4, -0.2) is 61.7 Å². The van der Waals surface area contributed by atoms with Crippen LogP contribution in [0.5, 0.6) is 0 Å². The van der Waals surface area contributed by atoms with Crippen molar-refractivity contribution in [2.24, 2.45) is 4.99 Å². The molecule has 0 saturated carbocycles. The molecule has 2 aliphatic heterocycles. The van der Waals surface area contributed by atoms with Gasteiger partial charge in [0, 0.05) is 55.9 Å². The van der Waals surface area contributed by atoms with E-state index in [4.69, 9.17) is 0 Å². The summed E-state index contributed by atoms with van der Waals surface area (Å²) >= 11 is 1.91. The van der Waals surface area contributed by atoms with Crippen molar-refractivity contribution in [3.63, 3.8) is 0 Å². The number of likely N-dealkylation sites (N-methyl/N-ethyl adjacent to an activating group) is 1. The van der Waals surface area contributed by atoms with Crippen molar-refractivity contribution in [2.45, 2.75) is 38.1 Å². The molecule has 0 amide bonds. The van der Waals surface area contributed by atoms with Gasteiger partial charge in [-0.25, -0.2) is 0 Å². The van der Waals surface area contributed by atoms with E-state index in [9.17, 15) is 0 Å². The molecule has 2 aliphatic rings. The number of nitrogens with zero attached hydrogens (tertiary/aromatic N) is 3. The van der Waals surface area contributed by atoms with E-state index in [-0.39, 0.29) is 0 Å². The maximum absolute atomic E-state index is 4.58. The molecule has 170 valence electrons. The lowest BCUT2D eigenvalue weighted by Gasteiger charge is -2.32. The van der Waals surface area contributed by atoms with Gasteiger partial charge in [-0.1, -0.05) is 30.7 Å². The molecule has 1 fully saturated rings. The highest BCUT2D eigenvalue weighted by atomic mass is 32.2. The molecule has 0 spiro atoms. The lowest BCUT2D eigenvalue weighted by molar-refractivity contribution is 0.148. The molecule has 5 heteroatoms. The van der Waals surface area contributed by atoms with Gasteiger partial charge in [0.2, 0.25) is 0 Å². The Bertz CT molecular complexity index is 974. The zero-order chi connectivity index (χ0) is 22.3. The van der Waals surface area contributed by atoms with E-state index < -0.39 is 0 Å². The van der Waals surface area contributed by atoms with Crippen molar-refractivity contribution in [1.29, 1.82) is 0 Å². The number of allylic oxidation sites excluding steroid dienone is 2. The van der Waals surface area contributed by atoms with Gasteiger partial charge in [0.1, 0.15) is 6.67 Å². The Morgan fingerprint density at radius 3 is 2.72 bits per heavy atom. The van der Waals surface area contributed by atoms with E-state index in [1.165, 1.54) is 38.4 Å². The minimum Gasteiger partial charge on any atom is -0.366 e. The number of benzene rings is 2. The minimum absolute atomic E-state index is 0.628. The van der Waals surface area contributed by atoms with E-state index >= 15 is 0 Å². The topological polar surface area (TPSA) is 30.9 Å². The molecule has 0 bridgehead atoms. The molecule has 4 rings (SSSR count). The zero-order valence-corrected chi connectivity index (χ0v) is 20.5. The van der Waals surface area contributed by atoms with Gasteiger partial charge in [-0.3, -0.25) is 9.89 Å². The molecule has 2 aromatic rings. The number of rotatable bonds is 5. The number of aliphatic imine (C=N–C) groups is 1. The van der Waals surface area contributed by atoms with Gasteiger partial charge in [-0.05, 0) is 72.7 Å². The maximum atomic E-state index is 4.58. The van der Waals surface area contributed by atoms with Crippen LogP contribution in [0.3, 0.4) is 0 Å². The predicted octanol–water partition coefficient (Wildman–Crippen LogP) is 5.55. The van der Waals surface area contributed by atoms with Gasteiger partial charge in [0.25, 0.3) is 0 Å². The Labute approximate surface area is 197 Å². The van der Waals surface area contributed by atoms with Crippen molar-refractivity contribution in [1.82, 2.24) is 9.80 Å². The van der Waals surface area contributed by atoms with E-state index in [0.29, 0.717) is 6.67 Å². The summed E-state index contributed by atoms with van der Waals surface area (Å²) in [6, 6.07) is 13.8. The molecule has 0 radical (unpaired) electrons. The quantitative estimate of drug-likeness (QED) is 0.480. The van der Waals surface area contributed by atoms with Crippen molar-refractivity contribution in [3.8, 4) is 11.1 Å². The van der Waals surface area contributed by atoms with E-state index in [1.54, 1.807) is 0 Å². The average molecular weight is 449 g/mol. The summed E-state index contributed by atoms with van der Waals surface area (Å²) in [7, 11) is 2.22. The highest BCUT2D eigenvalue weighted by Crippen LogP contribution is 2.35. The second-order valence-electron chi connectivity index (χ2n) is 8.87. The number of piperazine rings is 1. The van der Waals surface area contributed by atoms with Crippen LogP contribution in [0.1, 0.15) is 31.4 Å². The fraction of sp³-hybridized carbons (Fsp3) is 0.444. The molecular weight excluding hydrogens is 412 g/mol. The Balaban J connectivity index is 1.75. The van der Waals surface area contributed by atoms with Crippen LogP contribution in [0, 0.1) is 0 Å². The monoisotopic (exact) mass is 448 g/mol. The Morgan fingerprint density at radius 1 is 1.06 bits per heavy atom. The number of hydrogen-bond acceptors (Lipinski definition) is 5. The van der Waals surface area contributed by atoms with Crippen molar-refractivity contribution in [2.75, 3.05) is 51.0 Å². The summed E-state index contributed by atoms with van der Waals surface area (Å²) in [4.78, 5) is 10.9. The third kappa shape index (κ3) is 6.03. The lowest BCUT2D eigenvalue weighted by Crippen LogP contribution is -2.43. The Morgan fingerprint density at radius 2 is 1.91 bits per heavy atom. The van der Waals surface area contributed by atoms with Crippen LogP contribution in [0.4, 0.5) is 5.69 Å². The highest BCUT2D eigenvalue weighted by molar-refractivity contribution is 7.99. The summed E-state index contributed by atoms with van der Waals surface area (Å²) in [5.74, 6) is 1.09. The van der Waals surface area contributed by atoms with Crippen LogP contribution in [0.15, 0.2) is 57.9 Å². The molecule has 0 atom stereocenters. The van der Waals surface area contributed by atoms with Crippen LogP contribution >= 0.6 is 11.8 Å². The van der Waals surface area contributed by atoms with Crippen LogP contribution in [0.2, 0.25) is 0 Å². The summed E-state index contributed by atoms with van der Waals surface area (Å²) in [6.07, 6.45) is 6.27. The highest BCUT2D eigenvalue weighted by Gasteiger charge is 2.17. The molecule has 2 heterocycles. The average Bonchev–Trinajstić information content (AvgIpc) is 2.80. The number of hydrogen-bond donors (Lipinski definition) is 1. The fourth-order valence-electron chi connectivity index (χ4n) is 4.41. The third-order valence-electron chi connectivity index (χ3n) is 6.33. The van der Waals surface area contributed by atoms with Crippen molar-refractivity contribution in [3.05, 3.63) is 59.2 Å². The molecule has 1 N–H and O–H groups in total. The number of anilines is 1. The normalized spacial score (nSPS) is 20.7. The molecule has 0 aromatic heterocycles. The summed E-state index contributed by atoms with van der Waals surface area (Å²) in [5.41, 5.74) is 8.03. The van der Waals surface area contributed by atoms with Crippen molar-refractivity contribution < 1.29 is 0 Å². The van der Waals surface area contributed by atoms with Gasteiger partial charge >= 0.3 is 0 Å². The second kappa shape index (κ2) is 11.2. The van der Waals surface area contributed by atoms with Crippen molar-refractivity contribution >= 4 is 23.7 Å². The fourth-order valence-corrected chi connectivity index (χ4v) is 5.12. The summed E-state index contributed by atoms with van der Waals surface area (Å²) < 4.78 is 0. The zero-order valence-electron chi connectivity index (χ0n) is 19.7. The smallest absolute Gasteiger partial charge is 0.107 e.